The van der Waals surface area contributed by atoms with Crippen LogP contribution in [-0.4, -0.2) is 14.4 Å². The normalized spacial score (nSPS) is 11.5. The quantitative estimate of drug-likeness (QED) is 0.709. The van der Waals surface area contributed by atoms with Gasteiger partial charge < -0.3 is 4.43 Å². The van der Waals surface area contributed by atoms with Crippen LogP contribution in [0, 0.1) is 6.92 Å². The predicted octanol–water partition coefficient (Wildman–Crippen LogP) is 3.02. The SMILES string of the molecule is C=C[Si](C=C)(OC(C)C)c1ccccc1C. The predicted molar refractivity (Wildman–Crippen MR) is 73.2 cm³/mol. The standard InChI is InChI=1S/C14H20OSi/c1-6-16(7-2,15-12(3)4)14-11-9-8-10-13(14)5/h6-12H,1-2H2,3-5H3. The number of rotatable bonds is 5. The van der Waals surface area contributed by atoms with Gasteiger partial charge in [0.2, 0.25) is 0 Å². The van der Waals surface area contributed by atoms with Crippen molar-refractivity contribution in [3.05, 3.63) is 54.4 Å². The Morgan fingerprint density at radius 1 is 1.19 bits per heavy atom. The number of aryl methyl sites for hydroxylation is 1. The summed E-state index contributed by atoms with van der Waals surface area (Å²) in [5.74, 6) is 0. The Morgan fingerprint density at radius 3 is 2.19 bits per heavy atom. The van der Waals surface area contributed by atoms with Crippen LogP contribution in [-0.2, 0) is 4.43 Å². The number of hydrogen-bond donors (Lipinski definition) is 0. The third-order valence-electron chi connectivity index (χ3n) is 2.60. The highest BCUT2D eigenvalue weighted by atomic mass is 28.4. The monoisotopic (exact) mass is 232 g/mol. The van der Waals surface area contributed by atoms with Gasteiger partial charge in [0.15, 0.2) is 0 Å². The maximum atomic E-state index is 6.11. The van der Waals surface area contributed by atoms with Gasteiger partial charge >= 0.3 is 0 Å². The van der Waals surface area contributed by atoms with Gasteiger partial charge in [-0.25, -0.2) is 0 Å². The van der Waals surface area contributed by atoms with Crippen LogP contribution in [0.3, 0.4) is 0 Å². The van der Waals surface area contributed by atoms with E-state index in [1.165, 1.54) is 10.8 Å². The largest absolute Gasteiger partial charge is 0.403 e. The minimum Gasteiger partial charge on any atom is -0.403 e. The maximum absolute atomic E-state index is 6.11. The van der Waals surface area contributed by atoms with E-state index in [9.17, 15) is 0 Å². The fourth-order valence-electron chi connectivity index (χ4n) is 1.86. The van der Waals surface area contributed by atoms with Gasteiger partial charge in [0.25, 0.3) is 8.32 Å². The lowest BCUT2D eigenvalue weighted by molar-refractivity contribution is 0.244. The summed E-state index contributed by atoms with van der Waals surface area (Å²) in [7, 11) is -2.20. The van der Waals surface area contributed by atoms with Crippen molar-refractivity contribution in [1.29, 1.82) is 0 Å². The molecular weight excluding hydrogens is 212 g/mol. The molecule has 0 unspecified atom stereocenters. The summed E-state index contributed by atoms with van der Waals surface area (Å²) in [6, 6.07) is 8.31. The summed E-state index contributed by atoms with van der Waals surface area (Å²) >= 11 is 0. The highest BCUT2D eigenvalue weighted by Gasteiger charge is 2.32. The van der Waals surface area contributed by atoms with E-state index in [0.29, 0.717) is 0 Å². The Hall–Kier alpha value is -1.12. The number of benzene rings is 1. The van der Waals surface area contributed by atoms with Crippen molar-refractivity contribution in [1.82, 2.24) is 0 Å². The van der Waals surface area contributed by atoms with E-state index >= 15 is 0 Å². The highest BCUT2D eigenvalue weighted by Crippen LogP contribution is 2.14. The molecule has 1 aromatic rings. The zero-order valence-electron chi connectivity index (χ0n) is 10.4. The molecule has 0 bridgehead atoms. The molecule has 0 radical (unpaired) electrons. The summed E-state index contributed by atoms with van der Waals surface area (Å²) in [5, 5.41) is 1.24. The minimum absolute atomic E-state index is 0.183. The zero-order valence-corrected chi connectivity index (χ0v) is 11.4. The summed E-state index contributed by atoms with van der Waals surface area (Å²) in [5.41, 5.74) is 5.14. The van der Waals surface area contributed by atoms with Crippen molar-refractivity contribution in [2.75, 3.05) is 0 Å². The fraction of sp³-hybridized carbons (Fsp3) is 0.286. The topological polar surface area (TPSA) is 9.23 Å². The molecule has 0 heterocycles. The Balaban J connectivity index is 3.26. The molecule has 0 fully saturated rings. The van der Waals surface area contributed by atoms with Crippen LogP contribution in [0.2, 0.25) is 0 Å². The van der Waals surface area contributed by atoms with Crippen LogP contribution in [0.5, 0.6) is 0 Å². The van der Waals surface area contributed by atoms with Crippen molar-refractivity contribution in [3.8, 4) is 0 Å². The third kappa shape index (κ3) is 2.51. The summed E-state index contributed by atoms with van der Waals surface area (Å²) in [6.07, 6.45) is 0.183. The summed E-state index contributed by atoms with van der Waals surface area (Å²) in [4.78, 5) is 0. The summed E-state index contributed by atoms with van der Waals surface area (Å²) in [6.45, 7) is 14.1. The first-order valence-corrected chi connectivity index (χ1v) is 7.63. The van der Waals surface area contributed by atoms with Gasteiger partial charge in [-0.15, -0.1) is 13.2 Å². The second-order valence-electron chi connectivity index (χ2n) is 4.18. The molecule has 1 rings (SSSR count). The van der Waals surface area contributed by atoms with Crippen LogP contribution in [0.25, 0.3) is 0 Å². The van der Waals surface area contributed by atoms with Gasteiger partial charge in [-0.1, -0.05) is 35.7 Å². The first kappa shape index (κ1) is 12.9. The molecular formula is C14H20OSi. The molecule has 86 valence electrons. The van der Waals surface area contributed by atoms with E-state index in [-0.39, 0.29) is 6.10 Å². The minimum atomic E-state index is -2.20. The van der Waals surface area contributed by atoms with Gasteiger partial charge in [-0.3, -0.25) is 0 Å². The second kappa shape index (κ2) is 5.28. The third-order valence-corrected chi connectivity index (χ3v) is 6.08. The van der Waals surface area contributed by atoms with E-state index in [2.05, 4.69) is 32.2 Å². The molecule has 0 aromatic heterocycles. The van der Waals surface area contributed by atoms with E-state index in [0.717, 1.165) is 0 Å². The van der Waals surface area contributed by atoms with Crippen molar-refractivity contribution in [3.63, 3.8) is 0 Å². The van der Waals surface area contributed by atoms with Crippen LogP contribution >= 0.6 is 0 Å². The average Bonchev–Trinajstić information content (AvgIpc) is 2.26. The van der Waals surface area contributed by atoms with Crippen LogP contribution in [0.1, 0.15) is 19.4 Å². The van der Waals surface area contributed by atoms with Crippen molar-refractivity contribution < 1.29 is 4.43 Å². The van der Waals surface area contributed by atoms with Gasteiger partial charge in [0, 0.05) is 6.10 Å². The second-order valence-corrected chi connectivity index (χ2v) is 7.36. The van der Waals surface area contributed by atoms with Gasteiger partial charge in [0.1, 0.15) is 0 Å². The van der Waals surface area contributed by atoms with Gasteiger partial charge in [0.05, 0.1) is 0 Å². The van der Waals surface area contributed by atoms with Crippen molar-refractivity contribution in [2.24, 2.45) is 0 Å². The molecule has 1 nitrogen and oxygen atoms in total. The molecule has 1 aromatic carbocycles. The molecule has 0 N–H and O–H groups in total. The van der Waals surface area contributed by atoms with Crippen LogP contribution in [0.4, 0.5) is 0 Å². The first-order valence-electron chi connectivity index (χ1n) is 5.57. The first-order chi connectivity index (χ1) is 7.55. The lowest BCUT2D eigenvalue weighted by Crippen LogP contribution is -2.50. The Labute approximate surface area is 99.6 Å². The maximum Gasteiger partial charge on any atom is 0.272 e. The Bertz CT molecular complexity index is 374. The molecule has 0 aliphatic heterocycles. The molecule has 0 atom stereocenters. The fourth-order valence-corrected chi connectivity index (χ4v) is 4.63. The molecule has 0 aliphatic rings. The summed E-state index contributed by atoms with van der Waals surface area (Å²) < 4.78 is 6.11. The smallest absolute Gasteiger partial charge is 0.272 e. The van der Waals surface area contributed by atoms with Crippen molar-refractivity contribution >= 4 is 13.5 Å². The lowest BCUT2D eigenvalue weighted by Gasteiger charge is -2.28. The van der Waals surface area contributed by atoms with Crippen LogP contribution < -0.4 is 5.19 Å². The zero-order chi connectivity index (χ0) is 12.2. The molecule has 0 spiro atoms. The van der Waals surface area contributed by atoms with E-state index in [1.54, 1.807) is 0 Å². The molecule has 0 amide bonds. The van der Waals surface area contributed by atoms with Crippen molar-refractivity contribution in [2.45, 2.75) is 26.9 Å². The molecule has 0 saturated heterocycles. The molecule has 0 aliphatic carbocycles. The van der Waals surface area contributed by atoms with E-state index in [4.69, 9.17) is 4.43 Å². The van der Waals surface area contributed by atoms with Gasteiger partial charge in [-0.2, -0.15) is 0 Å². The van der Waals surface area contributed by atoms with Crippen LogP contribution in [0.15, 0.2) is 48.8 Å². The molecule has 2 heteroatoms. The Morgan fingerprint density at radius 2 is 1.75 bits per heavy atom. The molecule has 0 saturated carbocycles. The van der Waals surface area contributed by atoms with E-state index in [1.807, 2.05) is 37.4 Å². The molecule has 16 heavy (non-hydrogen) atoms. The number of hydrogen-bond acceptors (Lipinski definition) is 1. The van der Waals surface area contributed by atoms with E-state index < -0.39 is 8.32 Å². The lowest BCUT2D eigenvalue weighted by atomic mass is 10.2. The van der Waals surface area contributed by atoms with Gasteiger partial charge in [-0.05, 0) is 31.5 Å². The Kier molecular flexibility index (Phi) is 4.27. The average molecular weight is 232 g/mol. The highest BCUT2D eigenvalue weighted by molar-refractivity contribution is 6.95.